The Morgan fingerprint density at radius 1 is 0.850 bits per heavy atom. The van der Waals surface area contributed by atoms with E-state index in [2.05, 4.69) is 83.1 Å². The summed E-state index contributed by atoms with van der Waals surface area (Å²) in [6.45, 7) is 20.4. The third-order valence-corrected chi connectivity index (χ3v) is 25.8. The Balaban J connectivity index is 1.43. The summed E-state index contributed by atoms with van der Waals surface area (Å²) in [6, 6.07) is 17.6. The highest BCUT2D eigenvalue weighted by molar-refractivity contribution is 7.02. The Labute approximate surface area is 249 Å². The number of aryl methyl sites for hydroxylation is 1. The number of carbonyl (C=O) groups excluding carboxylic acids is 1. The van der Waals surface area contributed by atoms with E-state index in [-0.39, 0.29) is 5.97 Å². The van der Waals surface area contributed by atoms with E-state index in [0.717, 1.165) is 18.8 Å². The second kappa shape index (κ2) is 14.5. The molecule has 1 aliphatic carbocycles. The average molecular weight is 593 g/mol. The fraction of sp³-hybridized carbons (Fsp3) is 0.571. The van der Waals surface area contributed by atoms with Crippen molar-refractivity contribution in [3.05, 3.63) is 71.3 Å². The van der Waals surface area contributed by atoms with Crippen molar-refractivity contribution < 1.29 is 9.53 Å². The van der Waals surface area contributed by atoms with Gasteiger partial charge in [0, 0.05) is 24.2 Å². The molecular weight excluding hydrogens is 537 g/mol. The number of allylic oxidation sites excluding steroid dienone is 2. The standard InChI is InChI=1S/C35H56O2Si3/c1-9-12-29-14-18-31(19-15-29)32-22-24-34(25-23-32)37-35(36)33-20-16-30(17-21-33)13-10-11-26-39(5,6)28-40(7,8)27-38(2,3)4/h16-18,20-25,29H,9-15,19,26-28H2,1-8H3. The Hall–Kier alpha value is -1.70. The summed E-state index contributed by atoms with van der Waals surface area (Å²) in [7, 11) is -3.19. The first-order valence-electron chi connectivity index (χ1n) is 15.9. The van der Waals surface area contributed by atoms with Gasteiger partial charge in [0.25, 0.3) is 0 Å². The van der Waals surface area contributed by atoms with Crippen LogP contribution in [-0.4, -0.2) is 30.2 Å². The minimum Gasteiger partial charge on any atom is -0.423 e. The van der Waals surface area contributed by atoms with Gasteiger partial charge in [0.1, 0.15) is 5.75 Å². The van der Waals surface area contributed by atoms with Crippen LogP contribution in [-0.2, 0) is 6.42 Å². The van der Waals surface area contributed by atoms with Gasteiger partial charge in [-0.3, -0.25) is 0 Å². The minimum atomic E-state index is -1.14. The smallest absolute Gasteiger partial charge is 0.343 e. The molecule has 2 nitrogen and oxygen atoms in total. The molecule has 1 aliphatic rings. The molecule has 1 atom stereocenters. The van der Waals surface area contributed by atoms with Gasteiger partial charge in [0.2, 0.25) is 0 Å². The lowest BCUT2D eigenvalue weighted by atomic mass is 9.84. The van der Waals surface area contributed by atoms with Crippen LogP contribution in [0.25, 0.3) is 5.57 Å². The molecule has 0 aliphatic heterocycles. The van der Waals surface area contributed by atoms with E-state index in [4.69, 9.17) is 4.74 Å². The molecule has 0 spiro atoms. The molecule has 2 aromatic rings. The number of esters is 1. The van der Waals surface area contributed by atoms with Crippen molar-refractivity contribution in [2.45, 2.75) is 121 Å². The number of hydrogen-bond donors (Lipinski definition) is 0. The molecular formula is C35H56O2Si3. The topological polar surface area (TPSA) is 26.3 Å². The molecule has 0 aromatic heterocycles. The molecule has 0 saturated carbocycles. The number of rotatable bonds is 14. The third-order valence-electron chi connectivity index (χ3n) is 8.38. The second-order valence-electron chi connectivity index (χ2n) is 15.2. The molecule has 0 fully saturated rings. The van der Waals surface area contributed by atoms with E-state index in [1.54, 1.807) is 11.3 Å². The number of ether oxygens (including phenoxy) is 1. The van der Waals surface area contributed by atoms with E-state index in [1.807, 2.05) is 24.3 Å². The first kappa shape index (κ1) is 32.8. The van der Waals surface area contributed by atoms with Gasteiger partial charge in [-0.1, -0.05) is 120 Å². The molecule has 2 aromatic carbocycles. The third kappa shape index (κ3) is 11.3. The summed E-state index contributed by atoms with van der Waals surface area (Å²) in [4.78, 5) is 12.8. The molecule has 0 N–H and O–H groups in total. The van der Waals surface area contributed by atoms with E-state index in [1.165, 1.54) is 61.3 Å². The van der Waals surface area contributed by atoms with E-state index in [9.17, 15) is 4.79 Å². The van der Waals surface area contributed by atoms with Crippen molar-refractivity contribution in [1.29, 1.82) is 0 Å². The quantitative estimate of drug-likeness (QED) is 0.0943. The predicted octanol–water partition coefficient (Wildman–Crippen LogP) is 11.0. The Bertz CT molecular complexity index is 1110. The zero-order valence-corrected chi connectivity index (χ0v) is 29.9. The maximum atomic E-state index is 12.8. The van der Waals surface area contributed by atoms with Gasteiger partial charge in [0.05, 0.1) is 5.56 Å². The number of unbranched alkanes of at least 4 members (excludes halogenated alkanes) is 1. The van der Waals surface area contributed by atoms with Crippen molar-refractivity contribution in [2.24, 2.45) is 5.92 Å². The van der Waals surface area contributed by atoms with E-state index in [0.29, 0.717) is 11.3 Å². The number of carbonyl (C=O) groups is 1. The first-order valence-corrected chi connectivity index (χ1v) is 26.4. The van der Waals surface area contributed by atoms with Gasteiger partial charge in [-0.05, 0) is 79.0 Å². The van der Waals surface area contributed by atoms with Crippen LogP contribution in [0.3, 0.4) is 0 Å². The molecule has 0 saturated heterocycles. The molecule has 0 amide bonds. The van der Waals surface area contributed by atoms with Crippen LogP contribution in [0.2, 0.25) is 63.2 Å². The number of benzene rings is 2. The molecule has 1 unspecified atom stereocenters. The van der Waals surface area contributed by atoms with Gasteiger partial charge < -0.3 is 4.74 Å². The molecule has 3 rings (SSSR count). The van der Waals surface area contributed by atoms with Gasteiger partial charge in [-0.2, -0.15) is 0 Å². The summed E-state index contributed by atoms with van der Waals surface area (Å²) in [5.41, 5.74) is 7.75. The average Bonchev–Trinajstić information content (AvgIpc) is 2.86. The predicted molar refractivity (Wildman–Crippen MR) is 184 cm³/mol. The van der Waals surface area contributed by atoms with E-state index >= 15 is 0 Å². The molecule has 40 heavy (non-hydrogen) atoms. The first-order chi connectivity index (χ1) is 18.8. The zero-order chi connectivity index (χ0) is 29.4. The van der Waals surface area contributed by atoms with Gasteiger partial charge in [-0.15, -0.1) is 0 Å². The molecule has 0 heterocycles. The summed E-state index contributed by atoms with van der Waals surface area (Å²) < 4.78 is 5.69. The van der Waals surface area contributed by atoms with Crippen molar-refractivity contribution in [3.8, 4) is 5.75 Å². The van der Waals surface area contributed by atoms with Crippen molar-refractivity contribution in [1.82, 2.24) is 0 Å². The van der Waals surface area contributed by atoms with Crippen LogP contribution in [0.1, 0.15) is 73.4 Å². The second-order valence-corrected chi connectivity index (χ2v) is 32.3. The van der Waals surface area contributed by atoms with Crippen LogP contribution in [0.5, 0.6) is 5.75 Å². The Morgan fingerprint density at radius 2 is 1.52 bits per heavy atom. The van der Waals surface area contributed by atoms with Crippen LogP contribution in [0, 0.1) is 5.92 Å². The van der Waals surface area contributed by atoms with Gasteiger partial charge >= 0.3 is 5.97 Å². The highest BCUT2D eigenvalue weighted by Crippen LogP contribution is 2.33. The summed E-state index contributed by atoms with van der Waals surface area (Å²) in [5.74, 6) is 1.18. The SMILES string of the molecule is CCCC1CC=C(c2ccc(OC(=O)c3ccc(CCCC[Si](C)(C)C[Si](C)(C)C[Si](C)(C)C)cc3)cc2)CC1. The largest absolute Gasteiger partial charge is 0.423 e. The van der Waals surface area contributed by atoms with Crippen molar-refractivity contribution in [3.63, 3.8) is 0 Å². The van der Waals surface area contributed by atoms with Crippen molar-refractivity contribution in [2.75, 3.05) is 0 Å². The molecule has 0 bridgehead atoms. The fourth-order valence-electron chi connectivity index (χ4n) is 7.35. The lowest BCUT2D eigenvalue weighted by Crippen LogP contribution is -2.44. The molecule has 5 heteroatoms. The normalized spacial score (nSPS) is 16.5. The number of hydrogen-bond acceptors (Lipinski definition) is 2. The molecule has 220 valence electrons. The van der Waals surface area contributed by atoms with Gasteiger partial charge in [-0.25, -0.2) is 4.79 Å². The highest BCUT2D eigenvalue weighted by Gasteiger charge is 2.35. The summed E-state index contributed by atoms with van der Waals surface area (Å²) in [6.07, 6.45) is 12.3. The summed E-state index contributed by atoms with van der Waals surface area (Å²) in [5, 5.41) is 0. The molecule has 0 radical (unpaired) electrons. The van der Waals surface area contributed by atoms with Crippen molar-refractivity contribution >= 4 is 35.8 Å². The zero-order valence-electron chi connectivity index (χ0n) is 26.9. The Morgan fingerprint density at radius 3 is 2.10 bits per heavy atom. The minimum absolute atomic E-state index is 0.281. The lowest BCUT2D eigenvalue weighted by molar-refractivity contribution is 0.0734. The van der Waals surface area contributed by atoms with Gasteiger partial charge in [0.15, 0.2) is 0 Å². The lowest BCUT2D eigenvalue weighted by Gasteiger charge is -2.36. The fourth-order valence-corrected chi connectivity index (χ4v) is 32.7. The van der Waals surface area contributed by atoms with E-state index < -0.39 is 24.2 Å². The maximum absolute atomic E-state index is 12.8. The maximum Gasteiger partial charge on any atom is 0.343 e. The summed E-state index contributed by atoms with van der Waals surface area (Å²) >= 11 is 0. The Kier molecular flexibility index (Phi) is 11.9. The van der Waals surface area contributed by atoms with Crippen LogP contribution >= 0.6 is 0 Å². The van der Waals surface area contributed by atoms with Crippen LogP contribution in [0.15, 0.2) is 54.6 Å². The van der Waals surface area contributed by atoms with Crippen LogP contribution in [0.4, 0.5) is 0 Å². The van der Waals surface area contributed by atoms with Crippen LogP contribution < -0.4 is 4.74 Å². The monoisotopic (exact) mass is 592 g/mol. The highest BCUT2D eigenvalue weighted by atomic mass is 28.4.